The highest BCUT2D eigenvalue weighted by Crippen LogP contribution is 2.32. The van der Waals surface area contributed by atoms with Gasteiger partial charge in [-0.3, -0.25) is 4.98 Å². The topological polar surface area (TPSA) is 147 Å². The molecule has 5 N–H and O–H groups in total. The number of rotatable bonds is 2. The molecule has 0 amide bonds. The van der Waals surface area contributed by atoms with Crippen molar-refractivity contribution in [2.75, 3.05) is 12.3 Å². The Morgan fingerprint density at radius 3 is 3.00 bits per heavy atom. The van der Waals surface area contributed by atoms with Gasteiger partial charge in [0.2, 0.25) is 0 Å². The predicted octanol–water partition coefficient (Wildman–Crippen LogP) is -1.52. The number of aliphatic hydroxyl groups is 2. The molecule has 1 aliphatic heterocycles. The summed E-state index contributed by atoms with van der Waals surface area (Å²) in [4.78, 5) is 25.5. The number of fused-ring (bicyclic) bond motifs is 1. The van der Waals surface area contributed by atoms with E-state index in [2.05, 4.69) is 19.9 Å². The smallest absolute Gasteiger partial charge is 0.348 e. The number of hydrogen-bond acceptors (Lipinski definition) is 8. The van der Waals surface area contributed by atoms with Crippen molar-refractivity contribution in [2.24, 2.45) is 0 Å². The van der Waals surface area contributed by atoms with Crippen molar-refractivity contribution in [3.8, 4) is 0 Å². The molecule has 2 aromatic heterocycles. The number of nitrogen functional groups attached to an aromatic ring is 1. The van der Waals surface area contributed by atoms with Crippen LogP contribution in [0.3, 0.4) is 0 Å². The average Bonchev–Trinajstić information content (AvgIpc) is 2.79. The van der Waals surface area contributed by atoms with Crippen molar-refractivity contribution in [1.29, 1.82) is 0 Å². The monoisotopic (exact) mass is 279 g/mol. The normalized spacial score (nSPS) is 26.2. The Bertz CT molecular complexity index is 703. The number of aromatic nitrogens is 4. The van der Waals surface area contributed by atoms with Crippen LogP contribution in [0.2, 0.25) is 0 Å². The molecule has 3 atom stereocenters. The minimum Gasteiger partial charge on any atom is -0.394 e. The Kier molecular flexibility index (Phi) is 3.08. The summed E-state index contributed by atoms with van der Waals surface area (Å²) in [5.74, 6) is 0.0756. The van der Waals surface area contributed by atoms with Gasteiger partial charge in [0.05, 0.1) is 24.6 Å². The summed E-state index contributed by atoms with van der Waals surface area (Å²) in [7, 11) is 0. The zero-order valence-corrected chi connectivity index (χ0v) is 10.4. The number of aliphatic hydroxyl groups excluding tert-OH is 2. The third kappa shape index (κ3) is 2.11. The minimum atomic E-state index is -0.756. The SMILES string of the molecule is Nc1[nH]c(=O)nc2ncc([C@H]3C[C@H](O)[C@@H](CO)O3)nc12. The van der Waals surface area contributed by atoms with E-state index in [9.17, 15) is 9.90 Å². The summed E-state index contributed by atoms with van der Waals surface area (Å²) in [6.07, 6.45) is -0.143. The minimum absolute atomic E-state index is 0.0756. The van der Waals surface area contributed by atoms with Gasteiger partial charge >= 0.3 is 5.69 Å². The van der Waals surface area contributed by atoms with Crippen LogP contribution in [-0.4, -0.2) is 49.0 Å². The summed E-state index contributed by atoms with van der Waals surface area (Å²) in [5.41, 5.74) is 5.97. The molecule has 1 aliphatic rings. The van der Waals surface area contributed by atoms with Gasteiger partial charge in [0.1, 0.15) is 23.5 Å². The molecule has 9 nitrogen and oxygen atoms in total. The highest BCUT2D eigenvalue weighted by Gasteiger charge is 2.35. The van der Waals surface area contributed by atoms with E-state index in [1.165, 1.54) is 6.20 Å². The Morgan fingerprint density at radius 2 is 2.30 bits per heavy atom. The van der Waals surface area contributed by atoms with Gasteiger partial charge in [0.25, 0.3) is 0 Å². The Hall–Kier alpha value is -2.10. The molecule has 20 heavy (non-hydrogen) atoms. The quantitative estimate of drug-likeness (QED) is 0.518. The highest BCUT2D eigenvalue weighted by atomic mass is 16.5. The first-order valence-electron chi connectivity index (χ1n) is 6.05. The molecule has 106 valence electrons. The van der Waals surface area contributed by atoms with E-state index in [1.54, 1.807) is 0 Å². The van der Waals surface area contributed by atoms with E-state index in [0.29, 0.717) is 12.1 Å². The van der Waals surface area contributed by atoms with Crippen LogP contribution < -0.4 is 11.4 Å². The molecular formula is C11H13N5O4. The summed E-state index contributed by atoms with van der Waals surface area (Å²) in [6.45, 7) is -0.268. The summed E-state index contributed by atoms with van der Waals surface area (Å²) >= 11 is 0. The van der Waals surface area contributed by atoms with Gasteiger partial charge in [-0.05, 0) is 0 Å². The van der Waals surface area contributed by atoms with Crippen LogP contribution in [0.4, 0.5) is 5.82 Å². The zero-order chi connectivity index (χ0) is 14.3. The first kappa shape index (κ1) is 12.9. The number of aromatic amines is 1. The molecule has 1 fully saturated rings. The largest absolute Gasteiger partial charge is 0.394 e. The lowest BCUT2D eigenvalue weighted by Crippen LogP contribution is -2.24. The van der Waals surface area contributed by atoms with Crippen molar-refractivity contribution < 1.29 is 14.9 Å². The van der Waals surface area contributed by atoms with Gasteiger partial charge in [-0.25, -0.2) is 14.8 Å². The molecule has 0 bridgehead atoms. The van der Waals surface area contributed by atoms with Gasteiger partial charge < -0.3 is 20.7 Å². The maximum Gasteiger partial charge on any atom is 0.348 e. The second-order valence-corrected chi connectivity index (χ2v) is 4.57. The fraction of sp³-hybridized carbons (Fsp3) is 0.455. The molecule has 0 radical (unpaired) electrons. The molecule has 0 aliphatic carbocycles. The van der Waals surface area contributed by atoms with Crippen molar-refractivity contribution in [3.63, 3.8) is 0 Å². The van der Waals surface area contributed by atoms with E-state index < -0.39 is 24.0 Å². The van der Waals surface area contributed by atoms with E-state index in [1.807, 2.05) is 0 Å². The molecule has 0 spiro atoms. The van der Waals surface area contributed by atoms with Gasteiger partial charge in [0, 0.05) is 6.42 Å². The van der Waals surface area contributed by atoms with Crippen LogP contribution >= 0.6 is 0 Å². The predicted molar refractivity (Wildman–Crippen MR) is 67.7 cm³/mol. The Morgan fingerprint density at radius 1 is 1.50 bits per heavy atom. The second kappa shape index (κ2) is 4.78. The van der Waals surface area contributed by atoms with Gasteiger partial charge in [-0.1, -0.05) is 0 Å². The van der Waals surface area contributed by atoms with Crippen LogP contribution in [0.25, 0.3) is 11.2 Å². The highest BCUT2D eigenvalue weighted by molar-refractivity contribution is 5.80. The van der Waals surface area contributed by atoms with Crippen LogP contribution in [-0.2, 0) is 4.74 Å². The third-order valence-corrected chi connectivity index (χ3v) is 3.21. The maximum absolute atomic E-state index is 11.2. The standard InChI is InChI=1S/C11H13N5O4/c12-9-8-10(16-11(19)15-9)13-2-4(14-8)6-1-5(18)7(3-17)20-6/h2,5-7,17-18H,1,3H2,(H3,12,13,15,16,19)/t5-,6+,7+/m0/s1. The summed E-state index contributed by atoms with van der Waals surface area (Å²) in [6, 6.07) is 0. The van der Waals surface area contributed by atoms with Crippen molar-refractivity contribution in [3.05, 3.63) is 22.4 Å². The van der Waals surface area contributed by atoms with Crippen LogP contribution in [0, 0.1) is 0 Å². The number of nitrogens with zero attached hydrogens (tertiary/aromatic N) is 3. The second-order valence-electron chi connectivity index (χ2n) is 4.57. The molecule has 1 saturated heterocycles. The lowest BCUT2D eigenvalue weighted by Gasteiger charge is -2.11. The first-order valence-corrected chi connectivity index (χ1v) is 6.05. The number of hydrogen-bond donors (Lipinski definition) is 4. The molecule has 0 saturated carbocycles. The summed E-state index contributed by atoms with van der Waals surface area (Å²) < 4.78 is 5.49. The number of nitrogens with one attached hydrogen (secondary N) is 1. The molecule has 0 aromatic carbocycles. The number of nitrogens with two attached hydrogens (primary N) is 1. The summed E-state index contributed by atoms with van der Waals surface area (Å²) in [5, 5.41) is 18.8. The van der Waals surface area contributed by atoms with Crippen molar-refractivity contribution in [2.45, 2.75) is 24.7 Å². The molecule has 0 unspecified atom stereocenters. The van der Waals surface area contributed by atoms with Gasteiger partial charge in [0.15, 0.2) is 5.65 Å². The zero-order valence-electron chi connectivity index (χ0n) is 10.4. The van der Waals surface area contributed by atoms with Crippen LogP contribution in [0.1, 0.15) is 18.2 Å². The lowest BCUT2D eigenvalue weighted by molar-refractivity contribution is -0.0235. The van der Waals surface area contributed by atoms with E-state index in [4.69, 9.17) is 15.6 Å². The third-order valence-electron chi connectivity index (χ3n) is 3.21. The molecular weight excluding hydrogens is 266 g/mol. The van der Waals surface area contributed by atoms with Crippen molar-refractivity contribution >= 4 is 17.0 Å². The van der Waals surface area contributed by atoms with E-state index >= 15 is 0 Å². The van der Waals surface area contributed by atoms with Gasteiger partial charge in [-0.15, -0.1) is 0 Å². The van der Waals surface area contributed by atoms with Gasteiger partial charge in [-0.2, -0.15) is 4.98 Å². The van der Waals surface area contributed by atoms with E-state index in [-0.39, 0.29) is 23.6 Å². The maximum atomic E-state index is 11.2. The average molecular weight is 279 g/mol. The van der Waals surface area contributed by atoms with Crippen LogP contribution in [0.5, 0.6) is 0 Å². The van der Waals surface area contributed by atoms with Crippen LogP contribution in [0.15, 0.2) is 11.0 Å². The molecule has 2 aromatic rings. The molecule has 3 rings (SSSR count). The molecule has 3 heterocycles. The fourth-order valence-corrected chi connectivity index (χ4v) is 2.20. The first-order chi connectivity index (χ1) is 9.58. The lowest BCUT2D eigenvalue weighted by atomic mass is 10.1. The Labute approximate surface area is 112 Å². The van der Waals surface area contributed by atoms with E-state index in [0.717, 1.165) is 0 Å². The number of anilines is 1. The number of ether oxygens (including phenoxy) is 1. The van der Waals surface area contributed by atoms with Crippen molar-refractivity contribution in [1.82, 2.24) is 19.9 Å². The Balaban J connectivity index is 2.00. The number of H-pyrrole nitrogens is 1. The fourth-order valence-electron chi connectivity index (χ4n) is 2.20. The molecule has 9 heteroatoms.